The Morgan fingerprint density at radius 1 is 1.00 bits per heavy atom. The Morgan fingerprint density at radius 2 is 1.69 bits per heavy atom. The van der Waals surface area contributed by atoms with Gasteiger partial charge in [0.25, 0.3) is 5.91 Å². The summed E-state index contributed by atoms with van der Waals surface area (Å²) in [6, 6.07) is 15.0. The van der Waals surface area contributed by atoms with Crippen molar-refractivity contribution in [3.8, 4) is 0 Å². The maximum absolute atomic E-state index is 13.5. The zero-order valence-corrected chi connectivity index (χ0v) is 22.1. The van der Waals surface area contributed by atoms with Crippen LogP contribution in [0, 0.1) is 5.82 Å². The molecule has 8 nitrogen and oxygen atoms in total. The predicted octanol–water partition coefficient (Wildman–Crippen LogP) is 3.09. The van der Waals surface area contributed by atoms with E-state index in [2.05, 4.69) is 33.0 Å². The molecule has 3 aliphatic rings. The second-order valence-corrected chi connectivity index (χ2v) is 11.2. The molecule has 0 bridgehead atoms. The molecule has 5 rings (SSSR count). The van der Waals surface area contributed by atoms with Gasteiger partial charge in [-0.2, -0.15) is 0 Å². The maximum Gasteiger partial charge on any atom is 0.322 e. The van der Waals surface area contributed by atoms with Gasteiger partial charge in [-0.1, -0.05) is 42.5 Å². The number of carbonyl (C=O) groups is 3. The molecule has 39 heavy (non-hydrogen) atoms. The molecule has 1 unspecified atom stereocenters. The summed E-state index contributed by atoms with van der Waals surface area (Å²) in [6.45, 7) is 2.46. The quantitative estimate of drug-likeness (QED) is 0.306. The first kappa shape index (κ1) is 27.3. The van der Waals surface area contributed by atoms with Crippen LogP contribution in [0.15, 0.2) is 54.6 Å². The Bertz CT molecular complexity index is 1190. The molecule has 2 saturated heterocycles. The average Bonchev–Trinajstić information content (AvgIpc) is 3.53. The molecule has 0 spiro atoms. The number of nitrogens with one attached hydrogen (secondary N) is 3. The van der Waals surface area contributed by atoms with E-state index in [1.54, 1.807) is 0 Å². The molecule has 0 radical (unpaired) electrons. The third-order valence-electron chi connectivity index (χ3n) is 8.91. The van der Waals surface area contributed by atoms with E-state index in [0.717, 1.165) is 37.9 Å². The van der Waals surface area contributed by atoms with Crippen LogP contribution in [0.3, 0.4) is 0 Å². The second kappa shape index (κ2) is 11.4. The number of hydrogen-bond acceptors (Lipinski definition) is 5. The number of aliphatic hydroxyl groups excluding tert-OH is 1. The van der Waals surface area contributed by atoms with Crippen LogP contribution >= 0.6 is 0 Å². The zero-order chi connectivity index (χ0) is 27.5. The van der Waals surface area contributed by atoms with Gasteiger partial charge < -0.3 is 15.7 Å². The minimum atomic E-state index is -1.44. The van der Waals surface area contributed by atoms with Crippen molar-refractivity contribution in [3.05, 3.63) is 71.5 Å². The Hall–Kier alpha value is -3.30. The largest absolute Gasteiger partial charge is 0.391 e. The molecule has 3 fully saturated rings. The van der Waals surface area contributed by atoms with Crippen LogP contribution < -0.4 is 16.0 Å². The molecule has 2 aliphatic heterocycles. The van der Waals surface area contributed by atoms with Crippen LogP contribution in [0.2, 0.25) is 0 Å². The van der Waals surface area contributed by atoms with Crippen LogP contribution in [0.25, 0.3) is 0 Å². The molecule has 9 heteroatoms. The van der Waals surface area contributed by atoms with Crippen molar-refractivity contribution in [2.75, 3.05) is 19.6 Å². The fourth-order valence-corrected chi connectivity index (χ4v) is 6.62. The average molecular weight is 537 g/mol. The number of carbonyl (C=O) groups excluding carboxylic acids is 3. The van der Waals surface area contributed by atoms with E-state index < -0.39 is 29.4 Å². The van der Waals surface area contributed by atoms with Gasteiger partial charge in [0.15, 0.2) is 0 Å². The molecular formula is C30H37FN4O4. The highest BCUT2D eigenvalue weighted by molar-refractivity contribution is 6.07. The van der Waals surface area contributed by atoms with Gasteiger partial charge in [-0.05, 0) is 81.3 Å². The van der Waals surface area contributed by atoms with Crippen LogP contribution in [-0.2, 0) is 20.5 Å². The van der Waals surface area contributed by atoms with Crippen molar-refractivity contribution < 1.29 is 23.9 Å². The first-order chi connectivity index (χ1) is 18.8. The third kappa shape index (κ3) is 5.70. The molecule has 4 N–H and O–H groups in total. The highest BCUT2D eigenvalue weighted by Crippen LogP contribution is 2.40. The Morgan fingerprint density at radius 3 is 2.36 bits per heavy atom. The normalized spacial score (nSPS) is 29.5. The van der Waals surface area contributed by atoms with Gasteiger partial charge in [0, 0.05) is 24.4 Å². The smallest absolute Gasteiger partial charge is 0.322 e. The van der Waals surface area contributed by atoms with Crippen molar-refractivity contribution in [1.82, 2.24) is 20.9 Å². The standard InChI is InChI=1S/C30H37FN4O4/c31-23-10-8-22(9-11-23)30(27(38)33-28(39)34-30)17-14-26(37)32-20-29(21-6-2-1-3-7-21)15-12-24(25(36)13-16-29)35-18-4-5-19-35/h1-3,6-11,24-25,36H,4-5,12-20H2,(H,32,37)(H2,33,34,38,39)/t24-,25-,29-,30?/m0/s1. The molecule has 2 heterocycles. The number of amides is 4. The fourth-order valence-electron chi connectivity index (χ4n) is 6.62. The first-order valence-corrected chi connectivity index (χ1v) is 14.0. The summed E-state index contributed by atoms with van der Waals surface area (Å²) in [5.74, 6) is -1.25. The SMILES string of the molecule is O=C(CCC1(c2ccc(F)cc2)NC(=O)NC1=O)NC[C@@]1(c2ccccc2)CC[C@H](O)[C@@H](N2CCCC2)CC1. The summed E-state index contributed by atoms with van der Waals surface area (Å²) in [4.78, 5) is 40.4. The Kier molecular flexibility index (Phi) is 8.00. The zero-order valence-electron chi connectivity index (χ0n) is 22.1. The van der Waals surface area contributed by atoms with E-state index in [0.29, 0.717) is 18.5 Å². The van der Waals surface area contributed by atoms with Crippen molar-refractivity contribution in [3.63, 3.8) is 0 Å². The molecule has 4 atom stereocenters. The summed E-state index contributed by atoms with van der Waals surface area (Å²) < 4.78 is 13.5. The predicted molar refractivity (Wildman–Crippen MR) is 144 cm³/mol. The highest BCUT2D eigenvalue weighted by atomic mass is 19.1. The van der Waals surface area contributed by atoms with Gasteiger partial charge in [-0.25, -0.2) is 9.18 Å². The van der Waals surface area contributed by atoms with Crippen LogP contribution in [0.4, 0.5) is 9.18 Å². The van der Waals surface area contributed by atoms with E-state index in [1.165, 1.54) is 37.1 Å². The molecule has 208 valence electrons. The summed E-state index contributed by atoms with van der Waals surface area (Å²) in [6.07, 6.45) is 5.07. The van der Waals surface area contributed by atoms with Gasteiger partial charge in [-0.15, -0.1) is 0 Å². The Balaban J connectivity index is 1.29. The van der Waals surface area contributed by atoms with Gasteiger partial charge >= 0.3 is 6.03 Å². The van der Waals surface area contributed by atoms with E-state index in [9.17, 15) is 23.9 Å². The lowest BCUT2D eigenvalue weighted by Crippen LogP contribution is -2.46. The molecular weight excluding hydrogens is 499 g/mol. The van der Waals surface area contributed by atoms with Crippen molar-refractivity contribution >= 4 is 17.8 Å². The number of likely N-dealkylation sites (tertiary alicyclic amines) is 1. The minimum absolute atomic E-state index is 0.00499. The number of halogens is 1. The van der Waals surface area contributed by atoms with E-state index in [-0.39, 0.29) is 30.2 Å². The van der Waals surface area contributed by atoms with Gasteiger partial charge in [0.1, 0.15) is 11.4 Å². The van der Waals surface area contributed by atoms with E-state index >= 15 is 0 Å². The number of nitrogens with zero attached hydrogens (tertiary/aromatic N) is 1. The summed E-state index contributed by atoms with van der Waals surface area (Å²) >= 11 is 0. The van der Waals surface area contributed by atoms with Gasteiger partial charge in [0.2, 0.25) is 5.91 Å². The van der Waals surface area contributed by atoms with Crippen LogP contribution in [-0.4, -0.2) is 59.6 Å². The monoisotopic (exact) mass is 536 g/mol. The molecule has 1 aliphatic carbocycles. The molecule has 2 aromatic carbocycles. The van der Waals surface area contributed by atoms with Crippen LogP contribution in [0.5, 0.6) is 0 Å². The minimum Gasteiger partial charge on any atom is -0.391 e. The van der Waals surface area contributed by atoms with Gasteiger partial charge in [-0.3, -0.25) is 19.8 Å². The van der Waals surface area contributed by atoms with E-state index in [4.69, 9.17) is 0 Å². The second-order valence-electron chi connectivity index (χ2n) is 11.2. The topological polar surface area (TPSA) is 111 Å². The van der Waals surface area contributed by atoms with E-state index in [1.807, 2.05) is 18.2 Å². The number of aliphatic hydroxyl groups is 1. The lowest BCUT2D eigenvalue weighted by Gasteiger charge is -2.34. The third-order valence-corrected chi connectivity index (χ3v) is 8.91. The van der Waals surface area contributed by atoms with Crippen molar-refractivity contribution in [2.45, 2.75) is 74.5 Å². The van der Waals surface area contributed by atoms with Crippen LogP contribution in [0.1, 0.15) is 62.5 Å². The first-order valence-electron chi connectivity index (χ1n) is 14.0. The number of urea groups is 1. The van der Waals surface area contributed by atoms with Crippen molar-refractivity contribution in [1.29, 1.82) is 0 Å². The summed E-state index contributed by atoms with van der Waals surface area (Å²) in [7, 11) is 0. The summed E-state index contributed by atoms with van der Waals surface area (Å²) in [5.41, 5.74) is -0.189. The summed E-state index contributed by atoms with van der Waals surface area (Å²) in [5, 5.41) is 19.1. The lowest BCUT2D eigenvalue weighted by atomic mass is 9.74. The highest BCUT2D eigenvalue weighted by Gasteiger charge is 2.48. The maximum atomic E-state index is 13.5. The van der Waals surface area contributed by atoms with Crippen molar-refractivity contribution in [2.24, 2.45) is 0 Å². The Labute approximate surface area is 228 Å². The number of imide groups is 1. The molecule has 0 aromatic heterocycles. The lowest BCUT2D eigenvalue weighted by molar-refractivity contribution is -0.125. The number of rotatable bonds is 8. The number of hydrogen-bond donors (Lipinski definition) is 4. The molecule has 4 amide bonds. The molecule has 1 saturated carbocycles. The fraction of sp³-hybridized carbons (Fsp3) is 0.500. The number of benzene rings is 2. The van der Waals surface area contributed by atoms with Gasteiger partial charge in [0.05, 0.1) is 6.10 Å². The molecule has 2 aromatic rings.